The van der Waals surface area contributed by atoms with Gasteiger partial charge in [0.25, 0.3) is 5.91 Å². The Balaban J connectivity index is 2.14. The first-order valence-electron chi connectivity index (χ1n) is 8.40. The molecule has 0 aliphatic rings. The molecular weight excluding hydrogens is 321 g/mol. The maximum absolute atomic E-state index is 14.5. The number of hydrogen-bond donors (Lipinski definition) is 2. The van der Waals surface area contributed by atoms with Crippen molar-refractivity contribution in [1.82, 2.24) is 4.98 Å². The second-order valence-electron chi connectivity index (χ2n) is 5.95. The topological polar surface area (TPSA) is 77.2 Å². The first-order valence-corrected chi connectivity index (χ1v) is 8.40. The normalized spacial score (nSPS) is 10.6. The van der Waals surface area contributed by atoms with E-state index in [4.69, 9.17) is 10.5 Å². The van der Waals surface area contributed by atoms with Gasteiger partial charge in [0, 0.05) is 5.69 Å². The monoisotopic (exact) mass is 345 g/mol. The molecule has 1 amide bonds. The lowest BCUT2D eigenvalue weighted by Gasteiger charge is -2.12. The minimum atomic E-state index is -0.595. The second kappa shape index (κ2) is 8.46. The van der Waals surface area contributed by atoms with E-state index in [1.165, 1.54) is 6.07 Å². The lowest BCUT2D eigenvalue weighted by molar-refractivity contribution is 0.102. The van der Waals surface area contributed by atoms with Crippen LogP contribution in [0.15, 0.2) is 24.3 Å². The molecule has 0 saturated carbocycles. The lowest BCUT2D eigenvalue weighted by Crippen LogP contribution is -2.17. The Kier molecular flexibility index (Phi) is 6.33. The van der Waals surface area contributed by atoms with Crippen LogP contribution in [0.3, 0.4) is 0 Å². The van der Waals surface area contributed by atoms with Crippen LogP contribution in [0.4, 0.5) is 15.9 Å². The molecule has 134 valence electrons. The van der Waals surface area contributed by atoms with Crippen molar-refractivity contribution in [2.24, 2.45) is 0 Å². The first-order chi connectivity index (χ1) is 11.9. The van der Waals surface area contributed by atoms with Crippen molar-refractivity contribution in [3.63, 3.8) is 0 Å². The zero-order valence-electron chi connectivity index (χ0n) is 14.9. The van der Waals surface area contributed by atoms with Gasteiger partial charge in [0.2, 0.25) is 0 Å². The summed E-state index contributed by atoms with van der Waals surface area (Å²) in [5.41, 5.74) is 7.68. The molecule has 0 fully saturated rings. The molecule has 0 atom stereocenters. The molecule has 0 aliphatic carbocycles. The average molecular weight is 345 g/mol. The van der Waals surface area contributed by atoms with Gasteiger partial charge in [0.15, 0.2) is 11.6 Å². The van der Waals surface area contributed by atoms with Crippen LogP contribution in [0.5, 0.6) is 5.75 Å². The highest BCUT2D eigenvalue weighted by atomic mass is 19.1. The van der Waals surface area contributed by atoms with Gasteiger partial charge < -0.3 is 15.8 Å². The number of aromatic nitrogens is 1. The Morgan fingerprint density at radius 2 is 2.08 bits per heavy atom. The highest BCUT2D eigenvalue weighted by molar-refractivity contribution is 6.07. The molecule has 1 aromatic heterocycles. The van der Waals surface area contributed by atoms with Gasteiger partial charge >= 0.3 is 0 Å². The Morgan fingerprint density at radius 1 is 1.32 bits per heavy atom. The van der Waals surface area contributed by atoms with E-state index in [0.717, 1.165) is 30.5 Å². The number of amides is 1. The summed E-state index contributed by atoms with van der Waals surface area (Å²) in [7, 11) is 0. The van der Waals surface area contributed by atoms with Gasteiger partial charge in [-0.1, -0.05) is 25.8 Å². The Morgan fingerprint density at radius 3 is 2.80 bits per heavy atom. The quantitative estimate of drug-likeness (QED) is 0.736. The summed E-state index contributed by atoms with van der Waals surface area (Å²) in [5.74, 6) is -0.856. The van der Waals surface area contributed by atoms with Gasteiger partial charge in [-0.25, -0.2) is 9.37 Å². The summed E-state index contributed by atoms with van der Waals surface area (Å²) in [4.78, 5) is 16.6. The molecule has 2 aromatic rings. The Labute approximate surface area is 147 Å². The van der Waals surface area contributed by atoms with Crippen molar-refractivity contribution in [3.05, 3.63) is 46.9 Å². The predicted octanol–water partition coefficient (Wildman–Crippen LogP) is 4.24. The second-order valence-corrected chi connectivity index (χ2v) is 5.95. The number of pyridine rings is 1. The number of carbonyl (C=O) groups excluding carboxylic acids is 1. The number of nitrogens with one attached hydrogen (secondary N) is 1. The van der Waals surface area contributed by atoms with Gasteiger partial charge in [-0.05, 0) is 44.0 Å². The number of nitrogens with two attached hydrogens (primary N) is 1. The summed E-state index contributed by atoms with van der Waals surface area (Å²) in [6.07, 6.45) is 2.95. The fourth-order valence-electron chi connectivity index (χ4n) is 2.35. The van der Waals surface area contributed by atoms with E-state index in [0.29, 0.717) is 6.61 Å². The fraction of sp³-hybridized carbons (Fsp3) is 0.368. The molecule has 25 heavy (non-hydrogen) atoms. The van der Waals surface area contributed by atoms with Crippen LogP contribution in [-0.2, 0) is 0 Å². The zero-order valence-corrected chi connectivity index (χ0v) is 14.9. The summed E-state index contributed by atoms with van der Waals surface area (Å²) in [5, 5.41) is 2.54. The molecule has 0 spiro atoms. The number of halogens is 1. The molecule has 1 aromatic carbocycles. The maximum Gasteiger partial charge on any atom is 0.259 e. The number of carbonyl (C=O) groups is 1. The van der Waals surface area contributed by atoms with Gasteiger partial charge in [-0.2, -0.15) is 0 Å². The summed E-state index contributed by atoms with van der Waals surface area (Å²) in [6, 6.07) is 6.31. The van der Waals surface area contributed by atoms with E-state index in [9.17, 15) is 9.18 Å². The molecule has 0 aliphatic heterocycles. The van der Waals surface area contributed by atoms with E-state index in [1.54, 1.807) is 18.2 Å². The number of aryl methyl sites for hydroxylation is 2. The third kappa shape index (κ3) is 4.68. The van der Waals surface area contributed by atoms with Crippen molar-refractivity contribution in [1.29, 1.82) is 0 Å². The Hall–Kier alpha value is -2.63. The molecule has 0 saturated heterocycles. The molecule has 0 radical (unpaired) electrons. The number of anilines is 2. The summed E-state index contributed by atoms with van der Waals surface area (Å²) < 4.78 is 20.0. The van der Waals surface area contributed by atoms with Crippen LogP contribution in [0.2, 0.25) is 0 Å². The number of unbranched alkanes of at least 4 members (excludes halogenated alkanes) is 2. The molecule has 6 heteroatoms. The molecule has 0 unspecified atom stereocenters. The lowest BCUT2D eigenvalue weighted by atomic mass is 10.1. The summed E-state index contributed by atoms with van der Waals surface area (Å²) in [6.45, 7) is 6.18. The largest absolute Gasteiger partial charge is 0.490 e. The molecule has 2 rings (SSSR count). The highest BCUT2D eigenvalue weighted by Crippen LogP contribution is 2.26. The van der Waals surface area contributed by atoms with Crippen LogP contribution in [0, 0.1) is 19.7 Å². The van der Waals surface area contributed by atoms with E-state index in [-0.39, 0.29) is 22.8 Å². The number of hydrogen-bond acceptors (Lipinski definition) is 4. The van der Waals surface area contributed by atoms with Crippen LogP contribution < -0.4 is 15.8 Å². The van der Waals surface area contributed by atoms with Gasteiger partial charge in [0.05, 0.1) is 17.9 Å². The van der Waals surface area contributed by atoms with Crippen LogP contribution in [-0.4, -0.2) is 17.5 Å². The molecular formula is C19H24FN3O2. The fourth-order valence-corrected chi connectivity index (χ4v) is 2.35. The number of nitrogen functional groups attached to an aromatic ring is 1. The number of rotatable bonds is 7. The number of ether oxygens (including phenoxy) is 1. The minimum absolute atomic E-state index is 0.0515. The standard InChI is InChI=1S/C19H24FN3O2/c1-4-5-6-10-25-16-9-7-8-15(17(16)20)23-19(24)14-11-12(2)13(3)22-18(14)21/h7-9,11H,4-6,10H2,1-3H3,(H2,21,22)(H,23,24). The molecule has 0 bridgehead atoms. The number of nitrogens with zero attached hydrogens (tertiary/aromatic N) is 1. The van der Waals surface area contributed by atoms with Crippen molar-refractivity contribution >= 4 is 17.4 Å². The average Bonchev–Trinajstić information content (AvgIpc) is 2.58. The summed E-state index contributed by atoms with van der Waals surface area (Å²) >= 11 is 0. The molecule has 3 N–H and O–H groups in total. The SMILES string of the molecule is CCCCCOc1cccc(NC(=O)c2cc(C)c(C)nc2N)c1F. The van der Waals surface area contributed by atoms with Crippen LogP contribution in [0.25, 0.3) is 0 Å². The van der Waals surface area contributed by atoms with Crippen molar-refractivity contribution < 1.29 is 13.9 Å². The molecule has 1 heterocycles. The third-order valence-electron chi connectivity index (χ3n) is 3.96. The van der Waals surface area contributed by atoms with E-state index >= 15 is 0 Å². The smallest absolute Gasteiger partial charge is 0.259 e. The van der Waals surface area contributed by atoms with Crippen molar-refractivity contribution in [2.75, 3.05) is 17.7 Å². The first kappa shape index (κ1) is 18.7. The minimum Gasteiger partial charge on any atom is -0.490 e. The van der Waals surface area contributed by atoms with E-state index in [2.05, 4.69) is 17.2 Å². The van der Waals surface area contributed by atoms with Crippen LogP contribution in [0.1, 0.15) is 47.8 Å². The van der Waals surface area contributed by atoms with Gasteiger partial charge in [-0.15, -0.1) is 0 Å². The molecule has 5 nitrogen and oxygen atoms in total. The van der Waals surface area contributed by atoms with Gasteiger partial charge in [0.1, 0.15) is 5.82 Å². The van der Waals surface area contributed by atoms with Crippen molar-refractivity contribution in [3.8, 4) is 5.75 Å². The van der Waals surface area contributed by atoms with Crippen LogP contribution >= 0.6 is 0 Å². The van der Waals surface area contributed by atoms with Crippen molar-refractivity contribution in [2.45, 2.75) is 40.0 Å². The zero-order chi connectivity index (χ0) is 18.4. The maximum atomic E-state index is 14.5. The Bertz CT molecular complexity index is 763. The van der Waals surface area contributed by atoms with E-state index < -0.39 is 11.7 Å². The number of benzene rings is 1. The highest BCUT2D eigenvalue weighted by Gasteiger charge is 2.16. The third-order valence-corrected chi connectivity index (χ3v) is 3.96. The predicted molar refractivity (Wildman–Crippen MR) is 97.5 cm³/mol. The van der Waals surface area contributed by atoms with E-state index in [1.807, 2.05) is 13.8 Å². The van der Waals surface area contributed by atoms with Gasteiger partial charge in [-0.3, -0.25) is 4.79 Å².